The van der Waals surface area contributed by atoms with E-state index in [0.717, 1.165) is 5.56 Å². The van der Waals surface area contributed by atoms with Crippen LogP contribution in [0.5, 0.6) is 0 Å². The van der Waals surface area contributed by atoms with Crippen LogP contribution in [0.4, 0.5) is 0 Å². The van der Waals surface area contributed by atoms with Crippen molar-refractivity contribution in [3.63, 3.8) is 0 Å². The molecular formula is C14H19N3O. The van der Waals surface area contributed by atoms with Crippen LogP contribution in [0.1, 0.15) is 25.0 Å². The molecular weight excluding hydrogens is 226 g/mol. The minimum Gasteiger partial charge on any atom is -0.340 e. The maximum absolute atomic E-state index is 12.0. The molecule has 2 N–H and O–H groups in total. The number of hydrogen-bond donors (Lipinski definition) is 1. The zero-order chi connectivity index (χ0) is 13.7. The first kappa shape index (κ1) is 14.2. The lowest BCUT2D eigenvalue weighted by Crippen LogP contribution is -2.44. The van der Waals surface area contributed by atoms with Gasteiger partial charge in [-0.1, -0.05) is 26.0 Å². The Balaban J connectivity index is 2.66. The number of nitrogens with zero attached hydrogens (tertiary/aromatic N) is 2. The first-order valence-corrected chi connectivity index (χ1v) is 5.95. The first-order valence-electron chi connectivity index (χ1n) is 5.95. The van der Waals surface area contributed by atoms with Crippen molar-refractivity contribution in [2.45, 2.75) is 26.4 Å². The van der Waals surface area contributed by atoms with E-state index in [2.05, 4.69) is 6.07 Å². The normalized spacial score (nSPS) is 12.0. The van der Waals surface area contributed by atoms with Crippen molar-refractivity contribution in [2.75, 3.05) is 7.05 Å². The third-order valence-electron chi connectivity index (χ3n) is 2.88. The van der Waals surface area contributed by atoms with Gasteiger partial charge in [-0.05, 0) is 23.6 Å². The van der Waals surface area contributed by atoms with Gasteiger partial charge in [0.1, 0.15) is 0 Å². The van der Waals surface area contributed by atoms with Gasteiger partial charge in [0.05, 0.1) is 17.7 Å². The Morgan fingerprint density at radius 2 is 1.94 bits per heavy atom. The number of rotatable bonds is 4. The predicted molar refractivity (Wildman–Crippen MR) is 70.4 cm³/mol. The lowest BCUT2D eigenvalue weighted by atomic mass is 10.0. The molecule has 0 unspecified atom stereocenters. The van der Waals surface area contributed by atoms with Crippen LogP contribution in [-0.4, -0.2) is 23.9 Å². The lowest BCUT2D eigenvalue weighted by Gasteiger charge is -2.23. The maximum Gasteiger partial charge on any atom is 0.239 e. The van der Waals surface area contributed by atoms with E-state index in [9.17, 15) is 4.79 Å². The molecule has 0 radical (unpaired) electrons. The average Bonchev–Trinajstić information content (AvgIpc) is 2.37. The summed E-state index contributed by atoms with van der Waals surface area (Å²) >= 11 is 0. The van der Waals surface area contributed by atoms with Crippen LogP contribution >= 0.6 is 0 Å². The second kappa shape index (κ2) is 6.18. The standard InChI is InChI=1S/C14H19N3O/c1-10(2)13(16)14(18)17(3)9-12-6-4-11(8-15)5-7-12/h4-7,10,13H,9,16H2,1-3H3/t13-/m1/s1. The molecule has 0 spiro atoms. The molecule has 0 fully saturated rings. The fourth-order valence-corrected chi connectivity index (χ4v) is 1.58. The molecule has 0 saturated heterocycles. The van der Waals surface area contributed by atoms with Gasteiger partial charge < -0.3 is 10.6 Å². The van der Waals surface area contributed by atoms with Gasteiger partial charge in [-0.15, -0.1) is 0 Å². The molecule has 1 aromatic carbocycles. The van der Waals surface area contributed by atoms with E-state index >= 15 is 0 Å². The molecule has 18 heavy (non-hydrogen) atoms. The van der Waals surface area contributed by atoms with E-state index in [4.69, 9.17) is 11.0 Å². The summed E-state index contributed by atoms with van der Waals surface area (Å²) < 4.78 is 0. The van der Waals surface area contributed by atoms with Crippen molar-refractivity contribution >= 4 is 5.91 Å². The number of likely N-dealkylation sites (N-methyl/N-ethyl adjacent to an activating group) is 1. The van der Waals surface area contributed by atoms with Gasteiger partial charge in [-0.3, -0.25) is 4.79 Å². The SMILES string of the molecule is CC(C)[C@@H](N)C(=O)N(C)Cc1ccc(C#N)cc1. The number of benzene rings is 1. The molecule has 0 aliphatic carbocycles. The molecule has 0 aliphatic heterocycles. The van der Waals surface area contributed by atoms with Crippen molar-refractivity contribution in [1.29, 1.82) is 5.26 Å². The Labute approximate surface area is 108 Å². The van der Waals surface area contributed by atoms with Crippen LogP contribution in [0.15, 0.2) is 24.3 Å². The molecule has 4 nitrogen and oxygen atoms in total. The van der Waals surface area contributed by atoms with Gasteiger partial charge in [-0.25, -0.2) is 0 Å². The quantitative estimate of drug-likeness (QED) is 0.874. The van der Waals surface area contributed by atoms with Crippen LogP contribution in [0, 0.1) is 17.2 Å². The second-order valence-electron chi connectivity index (χ2n) is 4.77. The number of carbonyl (C=O) groups excluding carboxylic acids is 1. The summed E-state index contributed by atoms with van der Waals surface area (Å²) in [6, 6.07) is 8.79. The Bertz CT molecular complexity index is 445. The third kappa shape index (κ3) is 3.57. The summed E-state index contributed by atoms with van der Waals surface area (Å²) in [6.07, 6.45) is 0. The minimum absolute atomic E-state index is 0.0608. The van der Waals surface area contributed by atoms with Crippen molar-refractivity contribution < 1.29 is 4.79 Å². The Hall–Kier alpha value is -1.86. The van der Waals surface area contributed by atoms with Gasteiger partial charge in [0.15, 0.2) is 0 Å². The van der Waals surface area contributed by atoms with Crippen molar-refractivity contribution in [3.05, 3.63) is 35.4 Å². The van der Waals surface area contributed by atoms with E-state index in [1.54, 1.807) is 24.1 Å². The van der Waals surface area contributed by atoms with E-state index in [-0.39, 0.29) is 11.8 Å². The highest BCUT2D eigenvalue weighted by Gasteiger charge is 2.20. The molecule has 96 valence electrons. The summed E-state index contributed by atoms with van der Waals surface area (Å²) in [5.41, 5.74) is 7.43. The Kier molecular flexibility index (Phi) is 4.87. The average molecular weight is 245 g/mol. The van der Waals surface area contributed by atoms with Crippen LogP contribution in [-0.2, 0) is 11.3 Å². The number of amides is 1. The molecule has 0 aliphatic rings. The number of carbonyl (C=O) groups is 1. The first-order chi connectivity index (χ1) is 8.45. The van der Waals surface area contributed by atoms with Gasteiger partial charge >= 0.3 is 0 Å². The molecule has 0 bridgehead atoms. The Morgan fingerprint density at radius 3 is 2.39 bits per heavy atom. The van der Waals surface area contributed by atoms with E-state index in [0.29, 0.717) is 12.1 Å². The molecule has 0 aromatic heterocycles. The maximum atomic E-state index is 12.0. The number of nitrogens with two attached hydrogens (primary N) is 1. The second-order valence-corrected chi connectivity index (χ2v) is 4.77. The molecule has 1 atom stereocenters. The van der Waals surface area contributed by atoms with Crippen LogP contribution in [0.2, 0.25) is 0 Å². The van der Waals surface area contributed by atoms with E-state index in [1.807, 2.05) is 26.0 Å². The summed E-state index contributed by atoms with van der Waals surface area (Å²) in [4.78, 5) is 13.6. The van der Waals surface area contributed by atoms with Gasteiger partial charge in [0, 0.05) is 13.6 Å². The Morgan fingerprint density at radius 1 is 1.39 bits per heavy atom. The predicted octanol–water partition coefficient (Wildman–Crippen LogP) is 1.50. The summed E-state index contributed by atoms with van der Waals surface area (Å²) in [6.45, 7) is 4.36. The number of hydrogen-bond acceptors (Lipinski definition) is 3. The van der Waals surface area contributed by atoms with Crippen molar-refractivity contribution in [3.8, 4) is 6.07 Å². The highest BCUT2D eigenvalue weighted by Crippen LogP contribution is 2.08. The molecule has 0 heterocycles. The number of nitriles is 1. The van der Waals surface area contributed by atoms with Gasteiger partial charge in [-0.2, -0.15) is 5.26 Å². The largest absolute Gasteiger partial charge is 0.340 e. The summed E-state index contributed by atoms with van der Waals surface area (Å²) in [5, 5.41) is 8.70. The lowest BCUT2D eigenvalue weighted by molar-refractivity contribution is -0.132. The van der Waals surface area contributed by atoms with E-state index < -0.39 is 6.04 Å². The van der Waals surface area contributed by atoms with Gasteiger partial charge in [0.25, 0.3) is 0 Å². The highest BCUT2D eigenvalue weighted by molar-refractivity contribution is 5.81. The summed E-state index contributed by atoms with van der Waals surface area (Å²) in [7, 11) is 1.74. The highest BCUT2D eigenvalue weighted by atomic mass is 16.2. The third-order valence-corrected chi connectivity index (χ3v) is 2.88. The minimum atomic E-state index is -0.464. The molecule has 4 heteroatoms. The van der Waals surface area contributed by atoms with Gasteiger partial charge in [0.2, 0.25) is 5.91 Å². The van der Waals surface area contributed by atoms with Crippen molar-refractivity contribution in [1.82, 2.24) is 4.90 Å². The smallest absolute Gasteiger partial charge is 0.239 e. The monoisotopic (exact) mass is 245 g/mol. The fourth-order valence-electron chi connectivity index (χ4n) is 1.58. The molecule has 1 rings (SSSR count). The van der Waals surface area contributed by atoms with Crippen LogP contribution in [0.25, 0.3) is 0 Å². The summed E-state index contributed by atoms with van der Waals surface area (Å²) in [5.74, 6) is 0.0651. The molecule has 0 saturated carbocycles. The zero-order valence-corrected chi connectivity index (χ0v) is 11.1. The van der Waals surface area contributed by atoms with Crippen molar-refractivity contribution in [2.24, 2.45) is 11.7 Å². The van der Waals surface area contributed by atoms with Crippen LogP contribution < -0.4 is 5.73 Å². The zero-order valence-electron chi connectivity index (χ0n) is 11.1. The molecule has 1 aromatic rings. The van der Waals surface area contributed by atoms with E-state index in [1.165, 1.54) is 0 Å². The topological polar surface area (TPSA) is 70.1 Å². The molecule has 1 amide bonds. The van der Waals surface area contributed by atoms with Crippen LogP contribution in [0.3, 0.4) is 0 Å². The fraction of sp³-hybridized carbons (Fsp3) is 0.429.